The molecule has 0 atom stereocenters. The lowest BCUT2D eigenvalue weighted by atomic mass is 10.2. The first kappa shape index (κ1) is 20.3. The Bertz CT molecular complexity index is 1520. The summed E-state index contributed by atoms with van der Waals surface area (Å²) in [6.07, 6.45) is 7.44. The summed E-state index contributed by atoms with van der Waals surface area (Å²) in [4.78, 5) is 24.5. The molecule has 34 heavy (non-hydrogen) atoms. The third-order valence-electron chi connectivity index (χ3n) is 6.14. The second-order valence-corrected chi connectivity index (χ2v) is 8.68. The molecular weight excluding hydrogens is 428 g/mol. The zero-order chi connectivity index (χ0) is 23.2. The normalized spacial score (nSPS) is 13.4. The highest BCUT2D eigenvalue weighted by molar-refractivity contribution is 5.87. The topological polar surface area (TPSA) is 93.9 Å². The van der Waals surface area contributed by atoms with Gasteiger partial charge in [-0.2, -0.15) is 0 Å². The molecule has 0 unspecified atom stereocenters. The maximum Gasteiger partial charge on any atom is 0.226 e. The van der Waals surface area contributed by atoms with Gasteiger partial charge in [0.15, 0.2) is 5.82 Å². The van der Waals surface area contributed by atoms with Gasteiger partial charge in [0, 0.05) is 31.9 Å². The standard InChI is InChI=1S/C25H24N8O/c1-15-10-16(4-9-22(15)34-18-7-8-21-19(11-18)29-14-32(21)2)30-24-23-20(27-13-28-24)12-26-25(31-23)33(3)17-5-6-17/h4,7-14,17H,5-6H2,1-3H3,(H,27,28,30). The Morgan fingerprint density at radius 1 is 1.03 bits per heavy atom. The number of aryl methyl sites for hydroxylation is 2. The number of benzene rings is 2. The molecule has 1 aliphatic carbocycles. The highest BCUT2D eigenvalue weighted by Gasteiger charge is 2.28. The van der Waals surface area contributed by atoms with Gasteiger partial charge in [0.1, 0.15) is 28.9 Å². The average Bonchev–Trinajstić information content (AvgIpc) is 3.63. The zero-order valence-electron chi connectivity index (χ0n) is 19.2. The van der Waals surface area contributed by atoms with Crippen LogP contribution >= 0.6 is 0 Å². The van der Waals surface area contributed by atoms with Crippen molar-refractivity contribution in [1.82, 2.24) is 29.5 Å². The molecule has 6 rings (SSSR count). The summed E-state index contributed by atoms with van der Waals surface area (Å²) < 4.78 is 8.13. The van der Waals surface area contributed by atoms with Crippen molar-refractivity contribution in [2.75, 3.05) is 17.3 Å². The first-order valence-corrected chi connectivity index (χ1v) is 11.2. The van der Waals surface area contributed by atoms with Crippen LogP contribution in [0.2, 0.25) is 0 Å². The second kappa shape index (κ2) is 7.95. The van der Waals surface area contributed by atoms with Gasteiger partial charge in [-0.25, -0.2) is 24.9 Å². The van der Waals surface area contributed by atoms with E-state index in [2.05, 4.69) is 30.2 Å². The maximum atomic E-state index is 6.14. The monoisotopic (exact) mass is 452 g/mol. The molecule has 1 fully saturated rings. The van der Waals surface area contributed by atoms with Crippen molar-refractivity contribution in [3.05, 3.63) is 60.8 Å². The van der Waals surface area contributed by atoms with Crippen LogP contribution in [-0.4, -0.2) is 42.6 Å². The van der Waals surface area contributed by atoms with Gasteiger partial charge in [0.25, 0.3) is 0 Å². The van der Waals surface area contributed by atoms with Gasteiger partial charge in [-0.05, 0) is 55.7 Å². The molecule has 0 radical (unpaired) electrons. The largest absolute Gasteiger partial charge is 0.457 e. The number of fused-ring (bicyclic) bond motifs is 2. The molecule has 0 bridgehead atoms. The van der Waals surface area contributed by atoms with E-state index >= 15 is 0 Å². The maximum absolute atomic E-state index is 6.14. The molecule has 0 aliphatic heterocycles. The number of nitrogens with zero attached hydrogens (tertiary/aromatic N) is 7. The van der Waals surface area contributed by atoms with Crippen molar-refractivity contribution in [2.45, 2.75) is 25.8 Å². The number of hydrogen-bond acceptors (Lipinski definition) is 8. The minimum atomic E-state index is 0.520. The Labute approximate surface area is 196 Å². The Morgan fingerprint density at radius 3 is 2.74 bits per heavy atom. The van der Waals surface area contributed by atoms with Crippen LogP contribution in [0, 0.1) is 6.92 Å². The van der Waals surface area contributed by atoms with Crippen molar-refractivity contribution in [3.63, 3.8) is 0 Å². The summed E-state index contributed by atoms with van der Waals surface area (Å²) in [5.74, 6) is 2.87. The number of aromatic nitrogens is 6. The third-order valence-corrected chi connectivity index (χ3v) is 6.14. The molecule has 0 spiro atoms. The van der Waals surface area contributed by atoms with Gasteiger partial charge >= 0.3 is 0 Å². The fourth-order valence-corrected chi connectivity index (χ4v) is 4.02. The number of anilines is 3. The molecule has 1 aliphatic rings. The molecule has 5 aromatic rings. The van der Waals surface area contributed by atoms with Gasteiger partial charge in [0.05, 0.1) is 23.6 Å². The molecule has 9 nitrogen and oxygen atoms in total. The van der Waals surface area contributed by atoms with Crippen molar-refractivity contribution in [1.29, 1.82) is 0 Å². The van der Waals surface area contributed by atoms with E-state index in [4.69, 9.17) is 9.72 Å². The van der Waals surface area contributed by atoms with Crippen molar-refractivity contribution in [3.8, 4) is 11.5 Å². The Kier molecular flexibility index (Phi) is 4.75. The quantitative estimate of drug-likeness (QED) is 0.394. The van der Waals surface area contributed by atoms with Gasteiger partial charge in [-0.15, -0.1) is 0 Å². The minimum Gasteiger partial charge on any atom is -0.457 e. The van der Waals surface area contributed by atoms with E-state index in [0.29, 0.717) is 28.8 Å². The van der Waals surface area contributed by atoms with E-state index < -0.39 is 0 Å². The third kappa shape index (κ3) is 3.75. The lowest BCUT2D eigenvalue weighted by Gasteiger charge is -2.16. The summed E-state index contributed by atoms with van der Waals surface area (Å²) in [5.41, 5.74) is 5.25. The number of imidazole rings is 1. The number of nitrogens with one attached hydrogen (secondary N) is 1. The van der Waals surface area contributed by atoms with E-state index in [1.165, 1.54) is 19.2 Å². The first-order chi connectivity index (χ1) is 16.5. The van der Waals surface area contributed by atoms with Gasteiger partial charge in [-0.3, -0.25) is 0 Å². The SMILES string of the molecule is Cc1cc(Nc2ncnc3cnc(N(C)C4CC4)nc23)ccc1Oc1ccc2c(c1)ncn2C. The molecule has 0 saturated heterocycles. The summed E-state index contributed by atoms with van der Waals surface area (Å²) in [7, 11) is 4.01. The molecule has 1 saturated carbocycles. The van der Waals surface area contributed by atoms with E-state index in [1.54, 1.807) is 12.5 Å². The Balaban J connectivity index is 1.26. The first-order valence-electron chi connectivity index (χ1n) is 11.2. The van der Waals surface area contributed by atoms with Crippen LogP contribution in [0.3, 0.4) is 0 Å². The zero-order valence-corrected chi connectivity index (χ0v) is 19.2. The van der Waals surface area contributed by atoms with Crippen LogP contribution in [0.15, 0.2) is 55.2 Å². The predicted octanol–water partition coefficient (Wildman–Crippen LogP) is 4.75. The van der Waals surface area contributed by atoms with Crippen LogP contribution in [0.25, 0.3) is 22.1 Å². The van der Waals surface area contributed by atoms with Gasteiger partial charge < -0.3 is 19.5 Å². The lowest BCUT2D eigenvalue weighted by molar-refractivity contribution is 0.479. The Hall–Kier alpha value is -4.27. The van der Waals surface area contributed by atoms with Crippen molar-refractivity contribution < 1.29 is 4.74 Å². The summed E-state index contributed by atoms with van der Waals surface area (Å²) >= 11 is 0. The molecule has 3 aromatic heterocycles. The van der Waals surface area contributed by atoms with E-state index in [0.717, 1.165) is 33.8 Å². The van der Waals surface area contributed by atoms with Crippen LogP contribution in [0.4, 0.5) is 17.5 Å². The molecule has 1 N–H and O–H groups in total. The average molecular weight is 453 g/mol. The molecular formula is C25H24N8O. The van der Waals surface area contributed by atoms with E-state index in [1.807, 2.05) is 62.0 Å². The highest BCUT2D eigenvalue weighted by Crippen LogP contribution is 2.32. The number of ether oxygens (including phenoxy) is 1. The van der Waals surface area contributed by atoms with Crippen LogP contribution in [0.1, 0.15) is 18.4 Å². The smallest absolute Gasteiger partial charge is 0.226 e. The van der Waals surface area contributed by atoms with Crippen LogP contribution in [0.5, 0.6) is 11.5 Å². The molecule has 0 amide bonds. The lowest BCUT2D eigenvalue weighted by Crippen LogP contribution is -2.22. The molecule has 170 valence electrons. The highest BCUT2D eigenvalue weighted by atomic mass is 16.5. The van der Waals surface area contributed by atoms with Crippen molar-refractivity contribution >= 4 is 39.5 Å². The fourth-order valence-electron chi connectivity index (χ4n) is 4.02. The minimum absolute atomic E-state index is 0.520. The van der Waals surface area contributed by atoms with Crippen LogP contribution in [-0.2, 0) is 7.05 Å². The summed E-state index contributed by atoms with van der Waals surface area (Å²) in [5, 5.41) is 3.39. The van der Waals surface area contributed by atoms with E-state index in [-0.39, 0.29) is 0 Å². The van der Waals surface area contributed by atoms with Gasteiger partial charge in [0.2, 0.25) is 5.95 Å². The fraction of sp³-hybridized carbons (Fsp3) is 0.240. The van der Waals surface area contributed by atoms with Crippen LogP contribution < -0.4 is 15.0 Å². The van der Waals surface area contributed by atoms with Gasteiger partial charge in [-0.1, -0.05) is 0 Å². The predicted molar refractivity (Wildman–Crippen MR) is 132 cm³/mol. The number of hydrogen-bond donors (Lipinski definition) is 1. The number of rotatable bonds is 6. The van der Waals surface area contributed by atoms with E-state index in [9.17, 15) is 0 Å². The second-order valence-electron chi connectivity index (χ2n) is 8.68. The molecule has 9 heteroatoms. The molecule has 3 heterocycles. The Morgan fingerprint density at radius 2 is 1.91 bits per heavy atom. The summed E-state index contributed by atoms with van der Waals surface area (Å²) in [6.45, 7) is 2.02. The molecule has 2 aromatic carbocycles. The summed E-state index contributed by atoms with van der Waals surface area (Å²) in [6, 6.07) is 12.4. The van der Waals surface area contributed by atoms with Crippen molar-refractivity contribution in [2.24, 2.45) is 7.05 Å².